The molecule has 5 heteroatoms. The van der Waals surface area contributed by atoms with Crippen LogP contribution >= 0.6 is 0 Å². The molecule has 23 heavy (non-hydrogen) atoms. The van der Waals surface area contributed by atoms with Crippen molar-refractivity contribution < 1.29 is 8.23 Å². The summed E-state index contributed by atoms with van der Waals surface area (Å²) in [6.07, 6.45) is 2.27. The minimum Gasteiger partial charge on any atom is -0.437 e. The highest BCUT2D eigenvalue weighted by molar-refractivity contribution is 6.87. The molecule has 2 nitrogen and oxygen atoms in total. The molecule has 0 fully saturated rings. The van der Waals surface area contributed by atoms with E-state index in [4.69, 9.17) is 8.23 Å². The average Bonchev–Trinajstić information content (AvgIpc) is 2.24. The van der Waals surface area contributed by atoms with Crippen molar-refractivity contribution in [2.24, 2.45) is 0 Å². The molecule has 0 bridgehead atoms. The molecule has 0 N–H and O–H groups in total. The molecule has 1 rings (SSSR count). The predicted octanol–water partition coefficient (Wildman–Crippen LogP) is 6.67. The minimum atomic E-state index is -2.05. The third-order valence-corrected chi connectivity index (χ3v) is 12.6. The van der Waals surface area contributed by atoms with Crippen LogP contribution in [0.25, 0.3) is 0 Å². The molecule has 0 aliphatic carbocycles. The summed E-state index contributed by atoms with van der Waals surface area (Å²) in [5.41, 5.74) is 1.41. The highest BCUT2D eigenvalue weighted by Gasteiger charge is 2.39. The Labute approximate surface area is 149 Å². The molecule has 136 valence electrons. The Kier molecular flexibility index (Phi) is 10.8. The number of benzene rings is 1. The van der Waals surface area contributed by atoms with Crippen LogP contribution in [0, 0.1) is 0 Å². The summed E-state index contributed by atoms with van der Waals surface area (Å²) in [6, 6.07) is 11.8. The van der Waals surface area contributed by atoms with E-state index in [1.165, 1.54) is 5.56 Å². The van der Waals surface area contributed by atoms with E-state index in [0.717, 1.165) is 18.9 Å². The van der Waals surface area contributed by atoms with Gasteiger partial charge in [0.05, 0.1) is 0 Å². The fraction of sp³-hybridized carbons (Fsp3) is 0.667. The van der Waals surface area contributed by atoms with Crippen molar-refractivity contribution in [3.8, 4) is 0 Å². The summed E-state index contributed by atoms with van der Waals surface area (Å²) in [7, 11) is -5.18. The minimum absolute atomic E-state index is 0. The van der Waals surface area contributed by atoms with E-state index < -0.39 is 25.2 Å². The van der Waals surface area contributed by atoms with E-state index in [9.17, 15) is 0 Å². The Balaban J connectivity index is 0. The normalized spacial score (nSPS) is 12.3. The van der Waals surface area contributed by atoms with Gasteiger partial charge in [0.15, 0.2) is 16.6 Å². The topological polar surface area (TPSA) is 18.5 Å². The van der Waals surface area contributed by atoms with Gasteiger partial charge in [-0.05, 0) is 70.3 Å². The van der Waals surface area contributed by atoms with Gasteiger partial charge in [0.25, 0.3) is 0 Å². The molecule has 0 unspecified atom stereocenters. The number of hydrogen-bond donors (Lipinski definition) is 0. The van der Waals surface area contributed by atoms with Crippen molar-refractivity contribution in [1.82, 2.24) is 0 Å². The molecule has 0 aliphatic rings. The zero-order valence-corrected chi connectivity index (χ0v) is 17.8. The van der Waals surface area contributed by atoms with Gasteiger partial charge in [-0.1, -0.05) is 45.2 Å². The van der Waals surface area contributed by atoms with Gasteiger partial charge in [0.2, 0.25) is 0 Å². The van der Waals surface area contributed by atoms with Crippen LogP contribution in [-0.2, 0) is 14.7 Å². The largest absolute Gasteiger partial charge is 0.437 e. The van der Waals surface area contributed by atoms with Gasteiger partial charge in [-0.3, -0.25) is 0 Å². The molecule has 0 radical (unpaired) electrons. The number of aryl methyl sites for hydroxylation is 1. The van der Waals surface area contributed by atoms with Gasteiger partial charge >= 0.3 is 8.56 Å². The first-order chi connectivity index (χ1) is 9.49. The van der Waals surface area contributed by atoms with Crippen molar-refractivity contribution in [3.05, 3.63) is 35.9 Å². The zero-order chi connectivity index (χ0) is 16.1. The third kappa shape index (κ3) is 11.9. The van der Waals surface area contributed by atoms with E-state index in [2.05, 4.69) is 76.2 Å². The quantitative estimate of drug-likeness (QED) is 0.474. The maximum atomic E-state index is 6.53. The van der Waals surface area contributed by atoms with Crippen LogP contribution in [0.4, 0.5) is 0 Å². The molecule has 1 aromatic rings. The molecule has 0 amide bonds. The van der Waals surface area contributed by atoms with E-state index in [1.807, 2.05) is 0 Å². The fourth-order valence-corrected chi connectivity index (χ4v) is 15.2. The Hall–Kier alpha value is -0.209. The molecule has 0 saturated carbocycles. The molecular weight excluding hydrogens is 332 g/mol. The summed E-state index contributed by atoms with van der Waals surface area (Å²) < 4.78 is 13.1. The smallest absolute Gasteiger partial charge is 0.314 e. The molecule has 1 aromatic carbocycles. The summed E-state index contributed by atoms with van der Waals surface area (Å²) in [5, 5.41) is 0. The van der Waals surface area contributed by atoms with Crippen LogP contribution in [0.15, 0.2) is 30.3 Å². The monoisotopic (exact) mass is 372 g/mol. The van der Waals surface area contributed by atoms with Gasteiger partial charge in [0, 0.05) is 0 Å². The lowest BCUT2D eigenvalue weighted by molar-refractivity contribution is 0.381. The van der Waals surface area contributed by atoms with Crippen molar-refractivity contribution >= 4 is 25.2 Å². The lowest BCUT2D eigenvalue weighted by Gasteiger charge is -2.38. The van der Waals surface area contributed by atoms with Gasteiger partial charge in [-0.15, -0.1) is 0 Å². The predicted molar refractivity (Wildman–Crippen MR) is 114 cm³/mol. The van der Waals surface area contributed by atoms with Gasteiger partial charge in [0.1, 0.15) is 0 Å². The Morgan fingerprint density at radius 2 is 1.17 bits per heavy atom. The lowest BCUT2D eigenvalue weighted by Crippen LogP contribution is -2.52. The van der Waals surface area contributed by atoms with Crippen molar-refractivity contribution in [2.45, 2.75) is 79.6 Å². The van der Waals surface area contributed by atoms with Crippen LogP contribution in [-0.4, -0.2) is 25.2 Å². The second-order valence-electron chi connectivity index (χ2n) is 7.90. The van der Waals surface area contributed by atoms with Crippen LogP contribution in [0.2, 0.25) is 51.9 Å². The van der Waals surface area contributed by atoms with E-state index in [0.29, 0.717) is 0 Å². The average molecular weight is 373 g/mol. The Morgan fingerprint density at radius 3 is 1.57 bits per heavy atom. The van der Waals surface area contributed by atoms with E-state index in [1.54, 1.807) is 0 Å². The highest BCUT2D eigenvalue weighted by atomic mass is 28.5. The van der Waals surface area contributed by atoms with Crippen LogP contribution < -0.4 is 0 Å². The molecule has 0 spiro atoms. The van der Waals surface area contributed by atoms with Gasteiger partial charge < -0.3 is 8.23 Å². The second kappa shape index (κ2) is 9.94. The Bertz CT molecular complexity index is 406. The lowest BCUT2D eigenvalue weighted by atomic mass is 10.1. The van der Waals surface area contributed by atoms with E-state index >= 15 is 0 Å². The fourth-order valence-electron chi connectivity index (χ4n) is 2.68. The SMILES string of the molecule is C.C.C[Si](C)(C)O[Si](C)(CCCc1ccccc1)O[Si](C)(C)C. The first kappa shape index (κ1) is 25.0. The maximum Gasteiger partial charge on any atom is 0.314 e. The number of rotatable bonds is 8. The summed E-state index contributed by atoms with van der Waals surface area (Å²) in [6.45, 7) is 15.9. The molecule has 0 aliphatic heterocycles. The Morgan fingerprint density at radius 1 is 0.739 bits per heavy atom. The first-order valence-corrected chi connectivity index (χ1v) is 17.3. The molecule has 0 heterocycles. The third-order valence-electron chi connectivity index (χ3n) is 2.98. The number of hydrogen-bond acceptors (Lipinski definition) is 2. The van der Waals surface area contributed by atoms with Crippen molar-refractivity contribution in [3.63, 3.8) is 0 Å². The molecule has 0 aromatic heterocycles. The molecule has 0 atom stereocenters. The summed E-state index contributed by atoms with van der Waals surface area (Å²) in [4.78, 5) is 0. The summed E-state index contributed by atoms with van der Waals surface area (Å²) >= 11 is 0. The van der Waals surface area contributed by atoms with Gasteiger partial charge in [-0.2, -0.15) is 0 Å². The van der Waals surface area contributed by atoms with Crippen LogP contribution in [0.3, 0.4) is 0 Å². The maximum absolute atomic E-state index is 6.53. The second-order valence-corrected chi connectivity index (χ2v) is 20.8. The van der Waals surface area contributed by atoms with Crippen molar-refractivity contribution in [2.75, 3.05) is 0 Å². The first-order valence-electron chi connectivity index (χ1n) is 7.93. The van der Waals surface area contributed by atoms with Crippen molar-refractivity contribution in [1.29, 1.82) is 0 Å². The van der Waals surface area contributed by atoms with Crippen LogP contribution in [0.1, 0.15) is 26.8 Å². The standard InChI is InChI=1S/C16H32O2Si3.2CH4/c1-19(2,3)17-21(7,18-20(4,5)6)15-11-14-16-12-9-8-10-13-16;;/h8-10,12-13H,11,14-15H2,1-7H3;2*1H4. The van der Waals surface area contributed by atoms with E-state index in [-0.39, 0.29) is 14.9 Å². The summed E-state index contributed by atoms with van der Waals surface area (Å²) in [5.74, 6) is 0. The molecule has 0 saturated heterocycles. The van der Waals surface area contributed by atoms with Gasteiger partial charge in [-0.25, -0.2) is 0 Å². The zero-order valence-electron chi connectivity index (χ0n) is 14.8. The van der Waals surface area contributed by atoms with Crippen LogP contribution in [0.5, 0.6) is 0 Å². The molecular formula is C18H40O2Si3. The highest BCUT2D eigenvalue weighted by Crippen LogP contribution is 2.26.